The van der Waals surface area contributed by atoms with Gasteiger partial charge >= 0.3 is 0 Å². The van der Waals surface area contributed by atoms with Gasteiger partial charge in [-0.2, -0.15) is 0 Å². The summed E-state index contributed by atoms with van der Waals surface area (Å²) in [5.41, 5.74) is 2.05. The third-order valence-electron chi connectivity index (χ3n) is 3.85. The van der Waals surface area contributed by atoms with Gasteiger partial charge in [0.05, 0.1) is 12.5 Å². The Balaban J connectivity index is 2.19. The highest BCUT2D eigenvalue weighted by Crippen LogP contribution is 2.25. The first-order valence-electron chi connectivity index (χ1n) is 7.16. The van der Waals surface area contributed by atoms with Crippen molar-refractivity contribution in [1.82, 2.24) is 4.90 Å². The molecule has 1 aromatic rings. The van der Waals surface area contributed by atoms with Gasteiger partial charge in [0, 0.05) is 12.6 Å². The van der Waals surface area contributed by atoms with Crippen molar-refractivity contribution >= 4 is 11.8 Å². The highest BCUT2D eigenvalue weighted by molar-refractivity contribution is 6.09. The highest BCUT2D eigenvalue weighted by atomic mass is 16.3. The zero-order chi connectivity index (χ0) is 14.7. The lowest BCUT2D eigenvalue weighted by Gasteiger charge is -2.24. The maximum absolute atomic E-state index is 12.1. The van der Waals surface area contributed by atoms with E-state index >= 15 is 0 Å². The van der Waals surface area contributed by atoms with Gasteiger partial charge in [0.25, 0.3) is 5.91 Å². The summed E-state index contributed by atoms with van der Waals surface area (Å²) in [4.78, 5) is 24.9. The van der Waals surface area contributed by atoms with Crippen molar-refractivity contribution in [2.24, 2.45) is 0 Å². The van der Waals surface area contributed by atoms with Crippen LogP contribution in [0, 0.1) is 0 Å². The van der Waals surface area contributed by atoms with Crippen molar-refractivity contribution < 1.29 is 14.7 Å². The number of imide groups is 1. The van der Waals surface area contributed by atoms with Crippen LogP contribution in [0.1, 0.15) is 60.2 Å². The van der Waals surface area contributed by atoms with Crippen LogP contribution in [0.4, 0.5) is 0 Å². The van der Waals surface area contributed by atoms with Crippen molar-refractivity contribution in [2.75, 3.05) is 7.05 Å². The quantitative estimate of drug-likeness (QED) is 0.663. The van der Waals surface area contributed by atoms with E-state index in [1.165, 1.54) is 7.05 Å². The van der Waals surface area contributed by atoms with E-state index < -0.39 is 6.10 Å². The first kappa shape index (κ1) is 14.7. The highest BCUT2D eigenvalue weighted by Gasteiger charge is 2.28. The Kier molecular flexibility index (Phi) is 4.55. The second-order valence-electron chi connectivity index (χ2n) is 5.36. The molecule has 0 radical (unpaired) electrons. The summed E-state index contributed by atoms with van der Waals surface area (Å²) in [6, 6.07) is 5.34. The van der Waals surface area contributed by atoms with Crippen molar-refractivity contribution in [3.63, 3.8) is 0 Å². The second-order valence-corrected chi connectivity index (χ2v) is 5.36. The predicted molar refractivity (Wildman–Crippen MR) is 76.3 cm³/mol. The minimum absolute atomic E-state index is 0.182. The monoisotopic (exact) mass is 275 g/mol. The lowest BCUT2D eigenvalue weighted by Crippen LogP contribution is -2.39. The summed E-state index contributed by atoms with van der Waals surface area (Å²) < 4.78 is 0. The van der Waals surface area contributed by atoms with Gasteiger partial charge in [0.2, 0.25) is 5.91 Å². The third-order valence-corrected chi connectivity index (χ3v) is 3.85. The number of aliphatic hydroxyl groups excluding tert-OH is 1. The van der Waals surface area contributed by atoms with E-state index in [0.29, 0.717) is 12.0 Å². The van der Waals surface area contributed by atoms with Gasteiger partial charge < -0.3 is 5.11 Å². The molecule has 2 rings (SSSR count). The van der Waals surface area contributed by atoms with Crippen LogP contribution in [0.5, 0.6) is 0 Å². The van der Waals surface area contributed by atoms with Gasteiger partial charge in [-0.1, -0.05) is 38.3 Å². The van der Waals surface area contributed by atoms with Crippen molar-refractivity contribution in [2.45, 2.75) is 45.1 Å². The van der Waals surface area contributed by atoms with Gasteiger partial charge in [0.15, 0.2) is 0 Å². The molecule has 1 aromatic carbocycles. The predicted octanol–water partition coefficient (Wildman–Crippen LogP) is 2.46. The van der Waals surface area contributed by atoms with Gasteiger partial charge in [-0.25, -0.2) is 0 Å². The average Bonchev–Trinajstić information content (AvgIpc) is 2.45. The number of carbonyl (C=O) groups is 2. The second kappa shape index (κ2) is 6.18. The number of unbranched alkanes of at least 4 members (excludes halogenated alkanes) is 2. The van der Waals surface area contributed by atoms with Crippen molar-refractivity contribution in [1.29, 1.82) is 0 Å². The number of likely N-dealkylation sites (N-methyl/N-ethyl adjacent to an activating group) is 1. The van der Waals surface area contributed by atoms with Crippen LogP contribution in [0.25, 0.3) is 0 Å². The largest absolute Gasteiger partial charge is 0.388 e. The van der Waals surface area contributed by atoms with Gasteiger partial charge in [-0.3, -0.25) is 14.5 Å². The number of hydrogen-bond donors (Lipinski definition) is 1. The molecule has 2 amide bonds. The van der Waals surface area contributed by atoms with E-state index in [0.717, 1.165) is 35.3 Å². The van der Waals surface area contributed by atoms with E-state index in [-0.39, 0.29) is 18.2 Å². The lowest BCUT2D eigenvalue weighted by molar-refractivity contribution is -0.127. The number of amides is 2. The first-order chi connectivity index (χ1) is 9.54. The Morgan fingerprint density at radius 1 is 1.30 bits per heavy atom. The van der Waals surface area contributed by atoms with Gasteiger partial charge in [-0.15, -0.1) is 0 Å². The van der Waals surface area contributed by atoms with Crippen LogP contribution in [0.2, 0.25) is 0 Å². The van der Waals surface area contributed by atoms with E-state index in [1.54, 1.807) is 12.1 Å². The summed E-state index contributed by atoms with van der Waals surface area (Å²) in [5.74, 6) is -0.461. The van der Waals surface area contributed by atoms with Gasteiger partial charge in [0.1, 0.15) is 0 Å². The molecule has 108 valence electrons. The first-order valence-corrected chi connectivity index (χ1v) is 7.16. The summed E-state index contributed by atoms with van der Waals surface area (Å²) >= 11 is 0. The Hall–Kier alpha value is -1.68. The van der Waals surface area contributed by atoms with E-state index in [2.05, 4.69) is 6.92 Å². The number of aliphatic hydroxyl groups is 1. The molecule has 20 heavy (non-hydrogen) atoms. The zero-order valence-corrected chi connectivity index (χ0v) is 12.1. The molecule has 0 aliphatic carbocycles. The van der Waals surface area contributed by atoms with Gasteiger partial charge in [-0.05, 0) is 23.6 Å². The normalized spacial score (nSPS) is 16.2. The third kappa shape index (κ3) is 2.90. The zero-order valence-electron chi connectivity index (χ0n) is 12.1. The molecule has 0 spiro atoms. The van der Waals surface area contributed by atoms with Crippen molar-refractivity contribution in [3.8, 4) is 0 Å². The fourth-order valence-electron chi connectivity index (χ4n) is 2.48. The smallest absolute Gasteiger partial charge is 0.260 e. The molecule has 4 nitrogen and oxygen atoms in total. The molecule has 0 bridgehead atoms. The lowest BCUT2D eigenvalue weighted by atomic mass is 9.93. The average molecular weight is 275 g/mol. The fraction of sp³-hybridized carbons (Fsp3) is 0.500. The number of fused-ring (bicyclic) bond motifs is 1. The van der Waals surface area contributed by atoms with E-state index in [1.807, 2.05) is 6.07 Å². The molecule has 4 heteroatoms. The van der Waals surface area contributed by atoms with Crippen LogP contribution in [0.3, 0.4) is 0 Å². The summed E-state index contributed by atoms with van der Waals surface area (Å²) in [6.45, 7) is 2.12. The standard InChI is InChI=1S/C16H21NO3/c1-3-4-5-6-14(18)12-8-7-11-10-15(19)17(2)16(20)13(11)9-12/h7-9,14,18H,3-6,10H2,1-2H3. The number of nitrogens with zero attached hydrogens (tertiary/aromatic N) is 1. The maximum atomic E-state index is 12.1. The number of carbonyl (C=O) groups excluding carboxylic acids is 2. The number of benzene rings is 1. The van der Waals surface area contributed by atoms with Crippen LogP contribution >= 0.6 is 0 Å². The van der Waals surface area contributed by atoms with Crippen LogP contribution < -0.4 is 0 Å². The topological polar surface area (TPSA) is 57.6 Å². The molecule has 0 saturated carbocycles. The summed E-state index contributed by atoms with van der Waals surface area (Å²) in [7, 11) is 1.50. The fourth-order valence-corrected chi connectivity index (χ4v) is 2.48. The Morgan fingerprint density at radius 2 is 2.05 bits per heavy atom. The minimum Gasteiger partial charge on any atom is -0.388 e. The molecule has 1 aliphatic heterocycles. The molecule has 0 saturated heterocycles. The molecular formula is C16H21NO3. The molecule has 1 N–H and O–H groups in total. The molecule has 1 atom stereocenters. The molecule has 0 fully saturated rings. The minimum atomic E-state index is -0.539. The molecule has 1 unspecified atom stereocenters. The molecular weight excluding hydrogens is 254 g/mol. The Morgan fingerprint density at radius 3 is 2.75 bits per heavy atom. The van der Waals surface area contributed by atoms with Crippen molar-refractivity contribution in [3.05, 3.63) is 34.9 Å². The Labute approximate surface area is 119 Å². The summed E-state index contributed by atoms with van der Waals surface area (Å²) in [6.07, 6.45) is 3.60. The SMILES string of the molecule is CCCCCC(O)c1ccc2c(c1)C(=O)N(C)C(=O)C2. The van der Waals surface area contributed by atoms with Crippen LogP contribution in [-0.4, -0.2) is 28.9 Å². The molecule has 0 aromatic heterocycles. The van der Waals surface area contributed by atoms with E-state index in [4.69, 9.17) is 0 Å². The summed E-state index contributed by atoms with van der Waals surface area (Å²) in [5, 5.41) is 10.2. The number of hydrogen-bond acceptors (Lipinski definition) is 3. The van der Waals surface area contributed by atoms with E-state index in [9.17, 15) is 14.7 Å². The maximum Gasteiger partial charge on any atom is 0.260 e. The van der Waals surface area contributed by atoms with Crippen LogP contribution in [0.15, 0.2) is 18.2 Å². The van der Waals surface area contributed by atoms with Crippen LogP contribution in [-0.2, 0) is 11.2 Å². The molecule has 1 aliphatic rings. The molecule has 1 heterocycles. The number of rotatable bonds is 5. The Bertz CT molecular complexity index is 524.